The largest absolute Gasteiger partial charge is 0.457 e. The molecule has 4 N–H and O–H groups in total. The molecule has 0 fully saturated rings. The Labute approximate surface area is 238 Å². The smallest absolute Gasteiger partial charge is 0.171 e. The van der Waals surface area contributed by atoms with Crippen molar-refractivity contribution in [2.24, 2.45) is 17.8 Å². The van der Waals surface area contributed by atoms with Crippen molar-refractivity contribution < 1.29 is 4.74 Å². The van der Waals surface area contributed by atoms with Crippen molar-refractivity contribution in [1.82, 2.24) is 19.5 Å². The Balaban J connectivity index is 0.000000383. The Bertz CT molecular complexity index is 1380. The molecule has 0 aliphatic carbocycles. The van der Waals surface area contributed by atoms with Crippen molar-refractivity contribution in [2.45, 2.75) is 79.4 Å². The maximum Gasteiger partial charge on any atom is 0.171 e. The number of imidazole rings is 1. The van der Waals surface area contributed by atoms with E-state index in [1.807, 2.05) is 68.8 Å². The number of anilines is 3. The van der Waals surface area contributed by atoms with E-state index in [4.69, 9.17) is 10.5 Å². The highest BCUT2D eigenvalue weighted by Crippen LogP contribution is 2.32. The fourth-order valence-electron chi connectivity index (χ4n) is 4.21. The van der Waals surface area contributed by atoms with E-state index >= 15 is 0 Å². The molecule has 214 valence electrons. The summed E-state index contributed by atoms with van der Waals surface area (Å²) in [5, 5.41) is 6.40. The maximum absolute atomic E-state index is 6.09. The summed E-state index contributed by atoms with van der Waals surface area (Å²) in [7, 11) is 1.97. The summed E-state index contributed by atoms with van der Waals surface area (Å²) >= 11 is 0. The zero-order chi connectivity index (χ0) is 28.9. The number of nitrogens with two attached hydrogens (primary N) is 1. The van der Waals surface area contributed by atoms with Crippen molar-refractivity contribution in [1.29, 1.82) is 0 Å². The van der Waals surface area contributed by atoms with Crippen molar-refractivity contribution in [3.63, 3.8) is 0 Å². The summed E-state index contributed by atoms with van der Waals surface area (Å²) < 4.78 is 8.06. The average Bonchev–Trinajstić information content (AvgIpc) is 3.34. The van der Waals surface area contributed by atoms with Crippen LogP contribution in [0.1, 0.15) is 77.5 Å². The number of aliphatic imine (C=N–C) groups is 1. The third-order valence-electron chi connectivity index (χ3n) is 6.35. The van der Waals surface area contributed by atoms with E-state index in [0.717, 1.165) is 39.5 Å². The van der Waals surface area contributed by atoms with Crippen molar-refractivity contribution >= 4 is 34.4 Å². The van der Waals surface area contributed by atoms with Gasteiger partial charge in [-0.15, -0.1) is 0 Å². The van der Waals surface area contributed by atoms with Gasteiger partial charge in [0, 0.05) is 18.8 Å². The van der Waals surface area contributed by atoms with Crippen LogP contribution in [0.25, 0.3) is 11.0 Å². The molecule has 0 saturated carbocycles. The minimum atomic E-state index is -0.516. The van der Waals surface area contributed by atoms with Gasteiger partial charge in [-0.25, -0.2) is 15.0 Å². The Morgan fingerprint density at radius 1 is 0.975 bits per heavy atom. The van der Waals surface area contributed by atoms with Crippen LogP contribution in [0.3, 0.4) is 0 Å². The molecular weight excluding hydrogens is 500 g/mol. The van der Waals surface area contributed by atoms with Gasteiger partial charge in [0.1, 0.15) is 29.2 Å². The van der Waals surface area contributed by atoms with Gasteiger partial charge in [0.15, 0.2) is 12.1 Å². The minimum Gasteiger partial charge on any atom is -0.457 e. The topological polar surface area (TPSA) is 115 Å². The highest BCUT2D eigenvalue weighted by Gasteiger charge is 2.16. The normalized spacial score (nSPS) is 13.3. The molecule has 0 bridgehead atoms. The number of rotatable bonds is 9. The lowest BCUT2D eigenvalue weighted by atomic mass is 10.1. The summed E-state index contributed by atoms with van der Waals surface area (Å²) in [5.74, 6) is 2.15. The van der Waals surface area contributed by atoms with E-state index in [1.165, 1.54) is 44.9 Å². The lowest BCUT2D eigenvalue weighted by Crippen LogP contribution is -2.31. The summed E-state index contributed by atoms with van der Waals surface area (Å²) in [6, 6.07) is 11.7. The van der Waals surface area contributed by atoms with Crippen molar-refractivity contribution in [2.75, 3.05) is 10.6 Å². The van der Waals surface area contributed by atoms with Crippen LogP contribution < -0.4 is 21.1 Å². The fraction of sp³-hybridized carbons (Fsp3) is 0.419. The standard InChI is InChI=1S/C21H20N8O.C8H18.C2H6/c1-12-7-13(27-20-19-16(24-10-25-20)9-23-21(22)28-19)3-6-18(12)30-14-4-5-17-15(8-14)26-11-29(17)2;1-3-5-7-8-6-4-2;1-2/h3-11,21,28H,22H2,1-2H3,(H,24,25,27);3-8H2,1-2H3;1-2H3. The Hall–Kier alpha value is -3.98. The van der Waals surface area contributed by atoms with Crippen LogP contribution in [-0.2, 0) is 7.05 Å². The first-order valence-electron chi connectivity index (χ1n) is 14.4. The molecule has 40 heavy (non-hydrogen) atoms. The number of hydrogen-bond acceptors (Lipinski definition) is 8. The lowest BCUT2D eigenvalue weighted by molar-refractivity contribution is 0.479. The second-order valence-electron chi connectivity index (χ2n) is 9.48. The zero-order valence-electron chi connectivity index (χ0n) is 24.7. The predicted octanol–water partition coefficient (Wildman–Crippen LogP) is 7.69. The number of nitrogens with one attached hydrogen (secondary N) is 2. The molecule has 5 rings (SSSR count). The Kier molecular flexibility index (Phi) is 11.9. The first-order chi connectivity index (χ1) is 19.5. The molecule has 1 aliphatic rings. The van der Waals surface area contributed by atoms with Crippen molar-refractivity contribution in [3.05, 3.63) is 60.3 Å². The monoisotopic (exact) mass is 544 g/mol. The third-order valence-corrected chi connectivity index (χ3v) is 6.35. The van der Waals surface area contributed by atoms with Gasteiger partial charge in [-0.3, -0.25) is 10.7 Å². The number of benzene rings is 2. The predicted molar refractivity (Wildman–Crippen MR) is 167 cm³/mol. The van der Waals surface area contributed by atoms with Crippen LogP contribution in [0.5, 0.6) is 11.5 Å². The number of ether oxygens (including phenoxy) is 1. The molecule has 4 aromatic rings. The number of aryl methyl sites for hydroxylation is 2. The van der Waals surface area contributed by atoms with Crippen LogP contribution in [-0.4, -0.2) is 32.0 Å². The molecule has 0 saturated heterocycles. The van der Waals surface area contributed by atoms with Crippen LogP contribution in [0, 0.1) is 6.92 Å². The van der Waals surface area contributed by atoms with E-state index in [0.29, 0.717) is 11.5 Å². The average molecular weight is 545 g/mol. The molecule has 9 heteroatoms. The molecule has 0 spiro atoms. The van der Waals surface area contributed by atoms with Gasteiger partial charge < -0.3 is 19.9 Å². The molecule has 3 heterocycles. The lowest BCUT2D eigenvalue weighted by Gasteiger charge is -2.20. The summed E-state index contributed by atoms with van der Waals surface area (Å²) in [5.41, 5.74) is 11.1. The molecule has 2 aromatic heterocycles. The van der Waals surface area contributed by atoms with E-state index in [1.54, 1.807) is 12.5 Å². The SMILES string of the molecule is CC.CCCCCCCC.Cc1cc(Nc2ncnc3c2NC(N)N=C3)ccc1Oc1ccc2c(c1)ncn2C. The molecular formula is C31H44N8O. The number of unbranched alkanes of at least 4 members (excludes halogenated alkanes) is 5. The van der Waals surface area contributed by atoms with E-state index < -0.39 is 6.29 Å². The van der Waals surface area contributed by atoms with Gasteiger partial charge in [0.2, 0.25) is 0 Å². The number of hydrogen-bond donors (Lipinski definition) is 3. The van der Waals surface area contributed by atoms with Gasteiger partial charge in [-0.2, -0.15) is 0 Å². The molecule has 0 radical (unpaired) electrons. The molecule has 1 atom stereocenters. The maximum atomic E-state index is 6.09. The fourth-order valence-corrected chi connectivity index (χ4v) is 4.21. The molecule has 2 aromatic carbocycles. The molecule has 1 aliphatic heterocycles. The van der Waals surface area contributed by atoms with Crippen LogP contribution in [0.2, 0.25) is 0 Å². The number of fused-ring (bicyclic) bond motifs is 2. The summed E-state index contributed by atoms with van der Waals surface area (Å²) in [4.78, 5) is 17.0. The van der Waals surface area contributed by atoms with E-state index in [2.05, 4.69) is 44.4 Å². The summed E-state index contributed by atoms with van der Waals surface area (Å²) in [6.07, 6.45) is 12.9. The van der Waals surface area contributed by atoms with E-state index in [-0.39, 0.29) is 0 Å². The highest BCUT2D eigenvalue weighted by molar-refractivity contribution is 5.92. The van der Waals surface area contributed by atoms with Gasteiger partial charge >= 0.3 is 0 Å². The second-order valence-corrected chi connectivity index (χ2v) is 9.48. The van der Waals surface area contributed by atoms with Gasteiger partial charge in [0.05, 0.1) is 23.6 Å². The van der Waals surface area contributed by atoms with Crippen LogP contribution in [0.4, 0.5) is 17.2 Å². The molecule has 0 amide bonds. The minimum absolute atomic E-state index is 0.516. The highest BCUT2D eigenvalue weighted by atomic mass is 16.5. The van der Waals surface area contributed by atoms with Gasteiger partial charge in [-0.1, -0.05) is 66.2 Å². The van der Waals surface area contributed by atoms with Gasteiger partial charge in [-0.05, 0) is 42.8 Å². The van der Waals surface area contributed by atoms with Crippen LogP contribution in [0.15, 0.2) is 54.0 Å². The second kappa shape index (κ2) is 15.6. The number of aromatic nitrogens is 4. The summed E-state index contributed by atoms with van der Waals surface area (Å²) in [6.45, 7) is 10.5. The Morgan fingerprint density at radius 3 is 2.42 bits per heavy atom. The number of nitrogens with zero attached hydrogens (tertiary/aromatic N) is 5. The molecule has 1 unspecified atom stereocenters. The first kappa shape index (κ1) is 30.6. The van der Waals surface area contributed by atoms with Gasteiger partial charge in [0.25, 0.3) is 0 Å². The first-order valence-corrected chi connectivity index (χ1v) is 14.4. The zero-order valence-corrected chi connectivity index (χ0v) is 24.7. The van der Waals surface area contributed by atoms with Crippen LogP contribution >= 0.6 is 0 Å². The van der Waals surface area contributed by atoms with E-state index in [9.17, 15) is 0 Å². The molecule has 9 nitrogen and oxygen atoms in total. The third kappa shape index (κ3) is 8.26. The van der Waals surface area contributed by atoms with Crippen molar-refractivity contribution in [3.8, 4) is 11.5 Å². The Morgan fingerprint density at radius 2 is 1.73 bits per heavy atom. The quantitative estimate of drug-likeness (QED) is 0.185.